The Morgan fingerprint density at radius 2 is 1.64 bits per heavy atom. The van der Waals surface area contributed by atoms with Gasteiger partial charge in [0.15, 0.2) is 5.78 Å². The molecule has 0 bridgehead atoms. The predicted octanol–water partition coefficient (Wildman–Crippen LogP) is 6.89. The molecule has 4 fully saturated rings. The zero-order valence-electron chi connectivity index (χ0n) is 24.1. The largest absolute Gasteiger partial charge is 0.462 e. The summed E-state index contributed by atoms with van der Waals surface area (Å²) in [7, 11) is 0. The highest BCUT2D eigenvalue weighted by Crippen LogP contribution is 2.76. The molecule has 5 rings (SSSR count). The van der Waals surface area contributed by atoms with E-state index < -0.39 is 0 Å². The zero-order chi connectivity index (χ0) is 26.5. The number of esters is 1. The number of carbonyl (C=O) groups is 2. The molecular formula is C32H50O4. The lowest BCUT2D eigenvalue weighted by Gasteiger charge is -2.72. The Hall–Kier alpha value is -1.16. The minimum Gasteiger partial charge on any atom is -0.462 e. The van der Waals surface area contributed by atoms with Crippen molar-refractivity contribution in [3.8, 4) is 0 Å². The van der Waals surface area contributed by atoms with Crippen molar-refractivity contribution in [2.45, 2.75) is 119 Å². The Morgan fingerprint density at radius 3 is 2.25 bits per heavy atom. The van der Waals surface area contributed by atoms with Crippen LogP contribution in [0.25, 0.3) is 0 Å². The van der Waals surface area contributed by atoms with E-state index in [1.165, 1.54) is 24.8 Å². The quantitative estimate of drug-likeness (QED) is 0.430. The van der Waals surface area contributed by atoms with Crippen LogP contribution in [0.5, 0.6) is 0 Å². The van der Waals surface area contributed by atoms with Crippen molar-refractivity contribution in [1.29, 1.82) is 0 Å². The summed E-state index contributed by atoms with van der Waals surface area (Å²) in [5.74, 6) is 1.94. The van der Waals surface area contributed by atoms with E-state index in [0.29, 0.717) is 30.0 Å². The summed E-state index contributed by atoms with van der Waals surface area (Å²) in [6, 6.07) is 0. The second kappa shape index (κ2) is 8.17. The Balaban J connectivity index is 1.55. The second-order valence-electron chi connectivity index (χ2n) is 15.1. The maximum atomic E-state index is 13.3. The first-order chi connectivity index (χ1) is 16.7. The molecule has 0 aromatic carbocycles. The number of Topliss-reactive ketones (excluding diaryl/α,β-unsaturated/α-hetero) is 1. The van der Waals surface area contributed by atoms with Gasteiger partial charge >= 0.3 is 5.97 Å². The van der Waals surface area contributed by atoms with Gasteiger partial charge in [0.2, 0.25) is 0 Å². The van der Waals surface area contributed by atoms with E-state index >= 15 is 0 Å². The van der Waals surface area contributed by atoms with Crippen molar-refractivity contribution < 1.29 is 19.4 Å². The Labute approximate surface area is 219 Å². The number of carbonyl (C=O) groups excluding carboxylic acids is 2. The summed E-state index contributed by atoms with van der Waals surface area (Å²) in [5, 5.41) is 10.7. The van der Waals surface area contributed by atoms with Crippen molar-refractivity contribution in [2.75, 3.05) is 6.61 Å². The highest BCUT2D eigenvalue weighted by Gasteiger charge is 2.70. The molecule has 0 spiro atoms. The average molecular weight is 499 g/mol. The molecule has 4 heteroatoms. The topological polar surface area (TPSA) is 63.6 Å². The molecule has 202 valence electrons. The van der Waals surface area contributed by atoms with E-state index in [1.807, 2.05) is 0 Å². The molecule has 0 saturated heterocycles. The first-order valence-corrected chi connectivity index (χ1v) is 14.7. The van der Waals surface area contributed by atoms with Gasteiger partial charge in [-0.2, -0.15) is 0 Å². The average Bonchev–Trinajstić information content (AvgIpc) is 3.09. The van der Waals surface area contributed by atoms with Crippen molar-refractivity contribution in [1.82, 2.24) is 0 Å². The van der Waals surface area contributed by atoms with Gasteiger partial charge in [0.1, 0.15) is 6.10 Å². The van der Waals surface area contributed by atoms with Crippen molar-refractivity contribution in [3.63, 3.8) is 0 Å². The monoisotopic (exact) mass is 498 g/mol. The van der Waals surface area contributed by atoms with Crippen LogP contribution in [-0.4, -0.2) is 29.6 Å². The fraction of sp³-hybridized carbons (Fsp3) is 0.875. The standard InChI is InChI=1S/C32H50O4/c1-19(2)26-22(35)17-32(18-33)16-15-30(7)21(27(26)32)9-10-24-29(6)13-12-25(36-20(3)34)28(4,5)23(29)11-14-31(24,30)8/h19,21,23-25,33H,9-18H2,1-8H3/t21?,23?,24?,25?,29-,30+,31+,32-/m0/s1. The van der Waals surface area contributed by atoms with E-state index in [-0.39, 0.29) is 51.7 Å². The predicted molar refractivity (Wildman–Crippen MR) is 142 cm³/mol. The van der Waals surface area contributed by atoms with Crippen LogP contribution >= 0.6 is 0 Å². The van der Waals surface area contributed by atoms with Gasteiger partial charge in [-0.15, -0.1) is 0 Å². The third-order valence-electron chi connectivity index (χ3n) is 13.1. The van der Waals surface area contributed by atoms with E-state index in [0.717, 1.165) is 37.7 Å². The Kier molecular flexibility index (Phi) is 6.00. The normalized spacial score (nSPS) is 47.7. The molecule has 0 heterocycles. The fourth-order valence-electron chi connectivity index (χ4n) is 11.3. The summed E-state index contributed by atoms with van der Waals surface area (Å²) in [4.78, 5) is 25.2. The van der Waals surface area contributed by atoms with Gasteiger partial charge < -0.3 is 9.84 Å². The van der Waals surface area contributed by atoms with Gasteiger partial charge in [-0.1, -0.05) is 54.0 Å². The van der Waals surface area contributed by atoms with Gasteiger partial charge in [0.05, 0.1) is 6.61 Å². The minimum atomic E-state index is -0.310. The van der Waals surface area contributed by atoms with Crippen LogP contribution in [0, 0.1) is 50.7 Å². The molecule has 8 atom stereocenters. The van der Waals surface area contributed by atoms with E-state index in [1.54, 1.807) is 6.92 Å². The molecule has 0 amide bonds. The van der Waals surface area contributed by atoms with Crippen molar-refractivity contribution in [2.24, 2.45) is 50.7 Å². The minimum absolute atomic E-state index is 0.00691. The third kappa shape index (κ3) is 3.21. The number of ketones is 1. The molecule has 36 heavy (non-hydrogen) atoms. The SMILES string of the molecule is CC(=O)OC1CC[C@@]2(C)C(CC[C@]3(C)C2CCC2C4=C(C(C)C)C(=O)C[C@]4(CO)CC[C@]23C)C1(C)C. The van der Waals surface area contributed by atoms with Crippen LogP contribution in [0.15, 0.2) is 11.1 Å². The number of aliphatic hydroxyl groups is 1. The van der Waals surface area contributed by atoms with Crippen LogP contribution in [0.1, 0.15) is 113 Å². The zero-order valence-corrected chi connectivity index (χ0v) is 24.1. The van der Waals surface area contributed by atoms with Gasteiger partial charge in [0, 0.05) is 24.2 Å². The lowest BCUT2D eigenvalue weighted by molar-refractivity contribution is -0.233. The number of ether oxygens (including phenoxy) is 1. The van der Waals surface area contributed by atoms with E-state index in [9.17, 15) is 14.7 Å². The molecule has 5 aliphatic carbocycles. The molecular weight excluding hydrogens is 448 g/mol. The first-order valence-electron chi connectivity index (χ1n) is 14.7. The van der Waals surface area contributed by atoms with Crippen LogP contribution < -0.4 is 0 Å². The third-order valence-corrected chi connectivity index (χ3v) is 13.1. The number of aliphatic hydroxyl groups excluding tert-OH is 1. The van der Waals surface area contributed by atoms with E-state index in [2.05, 4.69) is 48.5 Å². The maximum Gasteiger partial charge on any atom is 0.302 e. The van der Waals surface area contributed by atoms with Crippen molar-refractivity contribution >= 4 is 11.8 Å². The highest BCUT2D eigenvalue weighted by molar-refractivity contribution is 6.00. The number of allylic oxidation sites excluding steroid dienone is 1. The van der Waals surface area contributed by atoms with Gasteiger partial charge in [-0.05, 0) is 96.9 Å². The number of rotatable bonds is 3. The molecule has 5 aliphatic rings. The molecule has 0 aromatic rings. The summed E-state index contributed by atoms with van der Waals surface area (Å²) < 4.78 is 5.88. The fourth-order valence-corrected chi connectivity index (χ4v) is 11.3. The second-order valence-corrected chi connectivity index (χ2v) is 15.1. The molecule has 0 radical (unpaired) electrons. The maximum absolute atomic E-state index is 13.3. The summed E-state index contributed by atoms with van der Waals surface area (Å²) in [6.07, 6.45) is 9.36. The summed E-state index contributed by atoms with van der Waals surface area (Å²) in [5.41, 5.74) is 2.66. The van der Waals surface area contributed by atoms with Crippen LogP contribution in [-0.2, 0) is 14.3 Å². The summed E-state index contributed by atoms with van der Waals surface area (Å²) >= 11 is 0. The summed E-state index contributed by atoms with van der Waals surface area (Å²) in [6.45, 7) is 18.4. The smallest absolute Gasteiger partial charge is 0.302 e. The lowest BCUT2D eigenvalue weighted by Crippen LogP contribution is -2.65. The number of fused-ring (bicyclic) bond motifs is 7. The molecule has 4 saturated carbocycles. The van der Waals surface area contributed by atoms with Crippen LogP contribution in [0.4, 0.5) is 0 Å². The molecule has 4 nitrogen and oxygen atoms in total. The van der Waals surface area contributed by atoms with Crippen molar-refractivity contribution in [3.05, 3.63) is 11.1 Å². The number of hydrogen-bond acceptors (Lipinski definition) is 4. The lowest BCUT2D eigenvalue weighted by atomic mass is 9.33. The number of hydrogen-bond donors (Lipinski definition) is 1. The Morgan fingerprint density at radius 1 is 0.944 bits per heavy atom. The Bertz CT molecular complexity index is 992. The van der Waals surface area contributed by atoms with Gasteiger partial charge in [0.25, 0.3) is 0 Å². The van der Waals surface area contributed by atoms with Crippen LogP contribution in [0.3, 0.4) is 0 Å². The molecule has 0 aliphatic heterocycles. The molecule has 0 aromatic heterocycles. The van der Waals surface area contributed by atoms with Crippen LogP contribution in [0.2, 0.25) is 0 Å². The van der Waals surface area contributed by atoms with Gasteiger partial charge in [-0.3, -0.25) is 9.59 Å². The molecule has 1 N–H and O–H groups in total. The molecule has 4 unspecified atom stereocenters. The highest BCUT2D eigenvalue weighted by atomic mass is 16.5. The van der Waals surface area contributed by atoms with E-state index in [4.69, 9.17) is 4.74 Å². The van der Waals surface area contributed by atoms with Gasteiger partial charge in [-0.25, -0.2) is 0 Å². The first kappa shape index (κ1) is 26.4.